The highest BCUT2D eigenvalue weighted by Gasteiger charge is 2.12. The molecule has 4 nitrogen and oxygen atoms in total. The van der Waals surface area contributed by atoms with Gasteiger partial charge in [0.2, 0.25) is 0 Å². The molecular weight excluding hydrogens is 403 g/mol. The zero-order valence-electron chi connectivity index (χ0n) is 15.1. The molecule has 0 radical (unpaired) electrons. The van der Waals surface area contributed by atoms with Crippen molar-refractivity contribution in [3.63, 3.8) is 0 Å². The lowest BCUT2D eigenvalue weighted by atomic mass is 10.2. The summed E-state index contributed by atoms with van der Waals surface area (Å²) in [5.41, 5.74) is 1.05. The largest absolute Gasteiger partial charge is 0.494 e. The van der Waals surface area contributed by atoms with Gasteiger partial charge in [0.1, 0.15) is 5.75 Å². The van der Waals surface area contributed by atoms with Crippen LogP contribution in [0.4, 0.5) is 5.69 Å². The van der Waals surface area contributed by atoms with Crippen LogP contribution >= 0.6 is 35.4 Å². The van der Waals surface area contributed by atoms with Crippen LogP contribution in [0.15, 0.2) is 42.5 Å². The van der Waals surface area contributed by atoms with Gasteiger partial charge in [0, 0.05) is 10.7 Å². The standard InChI is InChI=1S/C20H22Cl2N2O2S/c1-2-3-4-5-12-26-16-9-7-15(8-10-16)23-20(27)24-19(25)17-11-6-14(21)13-18(17)22/h6-11,13H,2-5,12H2,1H3,(H2,23,24,25,27). The first kappa shape index (κ1) is 21.5. The molecule has 0 atom stereocenters. The van der Waals surface area contributed by atoms with Crippen molar-refractivity contribution >= 4 is 52.1 Å². The molecular formula is C20H22Cl2N2O2S. The van der Waals surface area contributed by atoms with Gasteiger partial charge in [-0.15, -0.1) is 0 Å². The van der Waals surface area contributed by atoms with E-state index in [0.29, 0.717) is 17.2 Å². The van der Waals surface area contributed by atoms with Gasteiger partial charge in [-0.3, -0.25) is 10.1 Å². The molecule has 0 spiro atoms. The number of thiocarbonyl (C=S) groups is 1. The second-order valence-corrected chi connectivity index (χ2v) is 7.22. The molecule has 144 valence electrons. The van der Waals surface area contributed by atoms with E-state index in [-0.39, 0.29) is 10.1 Å². The highest BCUT2D eigenvalue weighted by molar-refractivity contribution is 7.80. The van der Waals surface area contributed by atoms with Crippen LogP contribution < -0.4 is 15.4 Å². The number of rotatable bonds is 8. The lowest BCUT2D eigenvalue weighted by Crippen LogP contribution is -2.34. The van der Waals surface area contributed by atoms with E-state index in [4.69, 9.17) is 40.2 Å². The summed E-state index contributed by atoms with van der Waals surface area (Å²) in [7, 11) is 0. The Morgan fingerprint density at radius 3 is 2.48 bits per heavy atom. The Balaban J connectivity index is 1.82. The minimum atomic E-state index is -0.402. The summed E-state index contributed by atoms with van der Waals surface area (Å²) in [5, 5.41) is 6.47. The second-order valence-electron chi connectivity index (χ2n) is 5.97. The first-order chi connectivity index (χ1) is 13.0. The van der Waals surface area contributed by atoms with Gasteiger partial charge >= 0.3 is 0 Å². The fourth-order valence-electron chi connectivity index (χ4n) is 2.36. The minimum absolute atomic E-state index is 0.180. The number of hydrogen-bond donors (Lipinski definition) is 2. The topological polar surface area (TPSA) is 50.4 Å². The quantitative estimate of drug-likeness (QED) is 0.398. The summed E-state index contributed by atoms with van der Waals surface area (Å²) in [6.45, 7) is 2.90. The number of nitrogens with one attached hydrogen (secondary N) is 2. The fourth-order valence-corrected chi connectivity index (χ4v) is 3.06. The smallest absolute Gasteiger partial charge is 0.258 e. The van der Waals surface area contributed by atoms with Gasteiger partial charge < -0.3 is 10.1 Å². The molecule has 0 heterocycles. The number of unbranched alkanes of at least 4 members (excludes halogenated alkanes) is 3. The number of benzene rings is 2. The lowest BCUT2D eigenvalue weighted by Gasteiger charge is -2.11. The number of amides is 1. The molecule has 0 bridgehead atoms. The molecule has 2 aromatic rings. The Labute approximate surface area is 175 Å². The predicted octanol–water partition coefficient (Wildman–Crippen LogP) is 6.08. The molecule has 1 amide bonds. The maximum absolute atomic E-state index is 12.2. The van der Waals surface area contributed by atoms with Crippen LogP contribution in [0, 0.1) is 0 Å². The molecule has 0 aliphatic heterocycles. The van der Waals surface area contributed by atoms with Crippen molar-refractivity contribution in [3.05, 3.63) is 58.1 Å². The van der Waals surface area contributed by atoms with Gasteiger partial charge in [-0.25, -0.2) is 0 Å². The number of halogens is 2. The molecule has 0 saturated heterocycles. The van der Waals surface area contributed by atoms with Crippen LogP contribution in [0.2, 0.25) is 10.0 Å². The predicted molar refractivity (Wildman–Crippen MR) is 116 cm³/mol. The second kappa shape index (κ2) is 11.1. The van der Waals surface area contributed by atoms with Crippen molar-refractivity contribution in [2.24, 2.45) is 0 Å². The Kier molecular flexibility index (Phi) is 8.85. The average molecular weight is 425 g/mol. The SMILES string of the molecule is CCCCCCOc1ccc(NC(=S)NC(=O)c2ccc(Cl)cc2Cl)cc1. The summed E-state index contributed by atoms with van der Waals surface area (Å²) in [4.78, 5) is 12.2. The first-order valence-electron chi connectivity index (χ1n) is 8.80. The van der Waals surface area contributed by atoms with E-state index in [1.54, 1.807) is 12.1 Å². The van der Waals surface area contributed by atoms with Crippen molar-refractivity contribution in [1.82, 2.24) is 5.32 Å². The first-order valence-corrected chi connectivity index (χ1v) is 9.96. The van der Waals surface area contributed by atoms with E-state index < -0.39 is 5.91 Å². The summed E-state index contributed by atoms with van der Waals surface area (Å²) in [6, 6.07) is 12.1. The molecule has 2 rings (SSSR count). The van der Waals surface area contributed by atoms with E-state index in [2.05, 4.69) is 17.6 Å². The number of carbonyl (C=O) groups excluding carboxylic acids is 1. The summed E-state index contributed by atoms with van der Waals surface area (Å²) in [6.07, 6.45) is 4.68. The molecule has 0 saturated carbocycles. The van der Waals surface area contributed by atoms with Gasteiger partial charge in [-0.1, -0.05) is 49.4 Å². The van der Waals surface area contributed by atoms with Crippen molar-refractivity contribution in [2.75, 3.05) is 11.9 Å². The van der Waals surface area contributed by atoms with Gasteiger partial charge in [-0.2, -0.15) is 0 Å². The third kappa shape index (κ3) is 7.37. The highest BCUT2D eigenvalue weighted by atomic mass is 35.5. The van der Waals surface area contributed by atoms with E-state index in [9.17, 15) is 4.79 Å². The zero-order valence-corrected chi connectivity index (χ0v) is 17.4. The molecule has 27 heavy (non-hydrogen) atoms. The van der Waals surface area contributed by atoms with Crippen molar-refractivity contribution in [1.29, 1.82) is 0 Å². The molecule has 7 heteroatoms. The Morgan fingerprint density at radius 2 is 1.81 bits per heavy atom. The monoisotopic (exact) mass is 424 g/mol. The number of carbonyl (C=O) groups is 1. The molecule has 0 fully saturated rings. The molecule has 2 N–H and O–H groups in total. The lowest BCUT2D eigenvalue weighted by molar-refractivity contribution is 0.0978. The summed E-state index contributed by atoms with van der Waals surface area (Å²) < 4.78 is 5.70. The van der Waals surface area contributed by atoms with Crippen molar-refractivity contribution < 1.29 is 9.53 Å². The normalized spacial score (nSPS) is 10.3. The van der Waals surface area contributed by atoms with Gasteiger partial charge in [-0.05, 0) is 61.1 Å². The molecule has 0 aromatic heterocycles. The third-order valence-electron chi connectivity index (χ3n) is 3.78. The van der Waals surface area contributed by atoms with Crippen LogP contribution in [0.1, 0.15) is 43.0 Å². The Hall–Kier alpha value is -1.82. The van der Waals surface area contributed by atoms with E-state index in [1.165, 1.54) is 25.3 Å². The third-order valence-corrected chi connectivity index (χ3v) is 4.53. The van der Waals surface area contributed by atoms with Crippen LogP contribution in [0.25, 0.3) is 0 Å². The van der Waals surface area contributed by atoms with Crippen LogP contribution in [-0.2, 0) is 0 Å². The van der Waals surface area contributed by atoms with Gasteiger partial charge in [0.25, 0.3) is 5.91 Å². The summed E-state index contributed by atoms with van der Waals surface area (Å²) in [5.74, 6) is 0.404. The number of hydrogen-bond acceptors (Lipinski definition) is 3. The molecule has 2 aromatic carbocycles. The van der Waals surface area contributed by atoms with E-state index in [0.717, 1.165) is 17.9 Å². The van der Waals surface area contributed by atoms with Crippen LogP contribution in [0.5, 0.6) is 5.75 Å². The van der Waals surface area contributed by atoms with Gasteiger partial charge in [0.05, 0.1) is 17.2 Å². The Morgan fingerprint density at radius 1 is 1.07 bits per heavy atom. The maximum atomic E-state index is 12.2. The highest BCUT2D eigenvalue weighted by Crippen LogP contribution is 2.21. The zero-order chi connectivity index (χ0) is 19.6. The average Bonchev–Trinajstić information content (AvgIpc) is 2.62. The van der Waals surface area contributed by atoms with Crippen molar-refractivity contribution in [3.8, 4) is 5.75 Å². The van der Waals surface area contributed by atoms with E-state index in [1.807, 2.05) is 24.3 Å². The van der Waals surface area contributed by atoms with Crippen LogP contribution in [0.3, 0.4) is 0 Å². The molecule has 0 aliphatic rings. The van der Waals surface area contributed by atoms with E-state index >= 15 is 0 Å². The van der Waals surface area contributed by atoms with Crippen LogP contribution in [-0.4, -0.2) is 17.6 Å². The number of ether oxygens (including phenoxy) is 1. The maximum Gasteiger partial charge on any atom is 0.258 e. The minimum Gasteiger partial charge on any atom is -0.494 e. The Bertz CT molecular complexity index is 782. The molecule has 0 aliphatic carbocycles. The number of anilines is 1. The summed E-state index contributed by atoms with van der Waals surface area (Å²) >= 11 is 17.1. The van der Waals surface area contributed by atoms with Gasteiger partial charge in [0.15, 0.2) is 5.11 Å². The molecule has 0 unspecified atom stereocenters. The fraction of sp³-hybridized carbons (Fsp3) is 0.300. The van der Waals surface area contributed by atoms with Crippen molar-refractivity contribution in [2.45, 2.75) is 32.6 Å².